The van der Waals surface area contributed by atoms with Gasteiger partial charge in [-0.15, -0.1) is 0 Å². The van der Waals surface area contributed by atoms with Gasteiger partial charge in [-0.25, -0.2) is 4.39 Å². The number of hydrogen-bond donors (Lipinski definition) is 1. The van der Waals surface area contributed by atoms with Crippen molar-refractivity contribution in [3.63, 3.8) is 0 Å². The second-order valence-corrected chi connectivity index (χ2v) is 4.25. The summed E-state index contributed by atoms with van der Waals surface area (Å²) in [6.07, 6.45) is 1.81. The molecule has 0 unspecified atom stereocenters. The summed E-state index contributed by atoms with van der Waals surface area (Å²) in [4.78, 5) is 21.0. The van der Waals surface area contributed by atoms with Gasteiger partial charge in [0.15, 0.2) is 0 Å². The van der Waals surface area contributed by atoms with Crippen LogP contribution in [0.15, 0.2) is 12.1 Å². The molecule has 0 aliphatic heterocycles. The molecular formula is C10H10F2N2O3S. The first-order valence-corrected chi connectivity index (χ1v) is 6.28. The minimum absolute atomic E-state index is 0.224. The average Bonchev–Trinajstić information content (AvgIpc) is 2.28. The minimum Gasteiger partial charge on any atom is -0.351 e. The first-order valence-electron chi connectivity index (χ1n) is 4.88. The molecule has 1 rings (SSSR count). The van der Waals surface area contributed by atoms with Crippen LogP contribution in [-0.4, -0.2) is 29.4 Å². The molecule has 98 valence electrons. The van der Waals surface area contributed by atoms with Crippen LogP contribution >= 0.6 is 11.8 Å². The maximum atomic E-state index is 13.6. The molecule has 0 aliphatic rings. The van der Waals surface area contributed by atoms with Crippen molar-refractivity contribution in [2.45, 2.75) is 0 Å². The van der Waals surface area contributed by atoms with Crippen molar-refractivity contribution in [1.29, 1.82) is 0 Å². The highest BCUT2D eigenvalue weighted by molar-refractivity contribution is 7.98. The average molecular weight is 276 g/mol. The van der Waals surface area contributed by atoms with Crippen LogP contribution in [0.4, 0.5) is 14.5 Å². The Morgan fingerprint density at radius 3 is 2.72 bits per heavy atom. The summed E-state index contributed by atoms with van der Waals surface area (Å²) in [6, 6.07) is 1.38. The SMILES string of the molecule is CSCCNC(=O)c1c(F)ccc([N+](=O)[O-])c1F. The molecule has 0 aromatic heterocycles. The highest BCUT2D eigenvalue weighted by atomic mass is 32.2. The number of rotatable bonds is 5. The van der Waals surface area contributed by atoms with Crippen LogP contribution in [0.5, 0.6) is 0 Å². The number of benzene rings is 1. The fourth-order valence-corrected chi connectivity index (χ4v) is 1.55. The van der Waals surface area contributed by atoms with Gasteiger partial charge in [0.25, 0.3) is 5.91 Å². The summed E-state index contributed by atoms with van der Waals surface area (Å²) >= 11 is 1.44. The zero-order valence-electron chi connectivity index (χ0n) is 9.41. The summed E-state index contributed by atoms with van der Waals surface area (Å²) in [5.41, 5.74) is -1.85. The number of hydrogen-bond acceptors (Lipinski definition) is 4. The number of thioether (sulfide) groups is 1. The van der Waals surface area contributed by atoms with E-state index in [1.165, 1.54) is 11.8 Å². The van der Waals surface area contributed by atoms with Gasteiger partial charge >= 0.3 is 5.69 Å². The van der Waals surface area contributed by atoms with E-state index in [2.05, 4.69) is 5.32 Å². The monoisotopic (exact) mass is 276 g/mol. The number of nitro groups is 1. The van der Waals surface area contributed by atoms with E-state index in [1.54, 1.807) is 6.26 Å². The fraction of sp³-hybridized carbons (Fsp3) is 0.300. The van der Waals surface area contributed by atoms with Crippen molar-refractivity contribution < 1.29 is 18.5 Å². The third kappa shape index (κ3) is 3.16. The smallest absolute Gasteiger partial charge is 0.305 e. The van der Waals surface area contributed by atoms with E-state index >= 15 is 0 Å². The Hall–Kier alpha value is -1.70. The molecule has 0 heterocycles. The van der Waals surface area contributed by atoms with E-state index < -0.39 is 33.7 Å². The number of carbonyl (C=O) groups excluding carboxylic acids is 1. The lowest BCUT2D eigenvalue weighted by Crippen LogP contribution is -2.27. The molecule has 1 aromatic rings. The highest BCUT2D eigenvalue weighted by Crippen LogP contribution is 2.22. The molecule has 0 spiro atoms. The number of nitro benzene ring substituents is 1. The summed E-state index contributed by atoms with van der Waals surface area (Å²) in [7, 11) is 0. The van der Waals surface area contributed by atoms with Gasteiger partial charge in [-0.2, -0.15) is 16.2 Å². The van der Waals surface area contributed by atoms with Crippen molar-refractivity contribution in [1.82, 2.24) is 5.32 Å². The summed E-state index contributed by atoms with van der Waals surface area (Å²) < 4.78 is 26.9. The van der Waals surface area contributed by atoms with Gasteiger partial charge < -0.3 is 5.32 Å². The van der Waals surface area contributed by atoms with Gasteiger partial charge in [-0.1, -0.05) is 0 Å². The van der Waals surface area contributed by atoms with E-state index in [9.17, 15) is 23.7 Å². The second-order valence-electron chi connectivity index (χ2n) is 3.26. The van der Waals surface area contributed by atoms with E-state index in [0.717, 1.165) is 0 Å². The molecule has 1 N–H and O–H groups in total. The van der Waals surface area contributed by atoms with E-state index in [1.807, 2.05) is 0 Å². The highest BCUT2D eigenvalue weighted by Gasteiger charge is 2.25. The predicted molar refractivity (Wildman–Crippen MR) is 63.7 cm³/mol. The molecular weight excluding hydrogens is 266 g/mol. The third-order valence-electron chi connectivity index (χ3n) is 2.09. The van der Waals surface area contributed by atoms with E-state index in [-0.39, 0.29) is 6.54 Å². The van der Waals surface area contributed by atoms with Crippen molar-refractivity contribution >= 4 is 23.4 Å². The van der Waals surface area contributed by atoms with Gasteiger partial charge in [-0.05, 0) is 12.3 Å². The zero-order valence-corrected chi connectivity index (χ0v) is 10.2. The van der Waals surface area contributed by atoms with Crippen LogP contribution in [0, 0.1) is 21.7 Å². The van der Waals surface area contributed by atoms with Crippen LogP contribution < -0.4 is 5.32 Å². The van der Waals surface area contributed by atoms with Crippen LogP contribution in [0.3, 0.4) is 0 Å². The lowest BCUT2D eigenvalue weighted by molar-refractivity contribution is -0.387. The Morgan fingerprint density at radius 1 is 1.50 bits per heavy atom. The van der Waals surface area contributed by atoms with Gasteiger partial charge in [0, 0.05) is 18.4 Å². The molecule has 8 heteroatoms. The molecule has 0 saturated heterocycles. The normalized spacial score (nSPS) is 10.2. The Bertz CT molecular complexity index is 482. The van der Waals surface area contributed by atoms with Gasteiger partial charge in [0.1, 0.15) is 11.4 Å². The number of nitrogens with zero attached hydrogens (tertiary/aromatic N) is 1. The molecule has 1 amide bonds. The predicted octanol–water partition coefficient (Wildman–Crippen LogP) is 1.97. The first kappa shape index (κ1) is 14.4. The molecule has 0 aliphatic carbocycles. The van der Waals surface area contributed by atoms with Gasteiger partial charge in [0.05, 0.1) is 4.92 Å². The molecule has 1 aromatic carbocycles. The van der Waals surface area contributed by atoms with Crippen molar-refractivity contribution in [3.8, 4) is 0 Å². The van der Waals surface area contributed by atoms with Gasteiger partial charge in [-0.3, -0.25) is 14.9 Å². The third-order valence-corrected chi connectivity index (χ3v) is 2.70. The van der Waals surface area contributed by atoms with Crippen LogP contribution in [0.2, 0.25) is 0 Å². The number of amides is 1. The van der Waals surface area contributed by atoms with Crippen molar-refractivity contribution in [2.75, 3.05) is 18.6 Å². The molecule has 0 fully saturated rings. The molecule has 0 bridgehead atoms. The number of halogens is 2. The van der Waals surface area contributed by atoms with Crippen molar-refractivity contribution in [3.05, 3.63) is 39.4 Å². The largest absolute Gasteiger partial charge is 0.351 e. The molecule has 0 radical (unpaired) electrons. The summed E-state index contributed by atoms with van der Waals surface area (Å²) in [5, 5.41) is 12.8. The molecule has 18 heavy (non-hydrogen) atoms. The Kier molecular flexibility index (Phi) is 5.02. The summed E-state index contributed by atoms with van der Waals surface area (Å²) in [5.74, 6) is -3.01. The van der Waals surface area contributed by atoms with Crippen molar-refractivity contribution in [2.24, 2.45) is 0 Å². The molecule has 5 nitrogen and oxygen atoms in total. The Morgan fingerprint density at radius 2 is 2.17 bits per heavy atom. The maximum Gasteiger partial charge on any atom is 0.305 e. The minimum atomic E-state index is -1.46. The molecule has 0 atom stereocenters. The van der Waals surface area contributed by atoms with Crippen LogP contribution in [-0.2, 0) is 0 Å². The number of carbonyl (C=O) groups is 1. The Balaban J connectivity index is 3.03. The van der Waals surface area contributed by atoms with Crippen LogP contribution in [0.25, 0.3) is 0 Å². The van der Waals surface area contributed by atoms with Crippen LogP contribution in [0.1, 0.15) is 10.4 Å². The second kappa shape index (κ2) is 6.29. The number of nitrogens with one attached hydrogen (secondary N) is 1. The topological polar surface area (TPSA) is 72.2 Å². The summed E-state index contributed by atoms with van der Waals surface area (Å²) in [6.45, 7) is 0.224. The quantitative estimate of drug-likeness (QED) is 0.507. The van der Waals surface area contributed by atoms with Gasteiger partial charge in [0.2, 0.25) is 5.82 Å². The van der Waals surface area contributed by atoms with E-state index in [4.69, 9.17) is 0 Å². The first-order chi connectivity index (χ1) is 8.49. The van der Waals surface area contributed by atoms with E-state index in [0.29, 0.717) is 17.9 Å². The zero-order chi connectivity index (χ0) is 13.7. The Labute approximate surface area is 106 Å². The fourth-order valence-electron chi connectivity index (χ4n) is 1.25. The molecule has 0 saturated carbocycles. The lowest BCUT2D eigenvalue weighted by Gasteiger charge is -2.06. The maximum absolute atomic E-state index is 13.6. The standard InChI is InChI=1S/C10H10F2N2O3S/c1-18-5-4-13-10(15)8-6(11)2-3-7(9(8)12)14(16)17/h2-3H,4-5H2,1H3,(H,13,15). The lowest BCUT2D eigenvalue weighted by atomic mass is 10.1.